The number of aromatic nitrogens is 5. The maximum absolute atomic E-state index is 14.9. The third-order valence-corrected chi connectivity index (χ3v) is 6.78. The summed E-state index contributed by atoms with van der Waals surface area (Å²) in [5.41, 5.74) is 5.48. The number of aryl methyl sites for hydroxylation is 3. The molecule has 0 saturated carbocycles. The van der Waals surface area contributed by atoms with Crippen molar-refractivity contribution in [2.24, 2.45) is 7.05 Å². The Morgan fingerprint density at radius 1 is 1.05 bits per heavy atom. The molecule has 0 radical (unpaired) electrons. The highest BCUT2D eigenvalue weighted by Gasteiger charge is 2.24. The lowest BCUT2D eigenvalue weighted by Gasteiger charge is -2.20. The summed E-state index contributed by atoms with van der Waals surface area (Å²) in [6.07, 6.45) is 1.67. The Labute approximate surface area is 215 Å². The SMILES string of the molecule is Cc1cc(COc2cc(C(C)Nc3nc(C)ncc3-c3ccc4ncsc4c3)c(F)c(F)c2F)n(C)n1. The monoisotopic (exact) mass is 524 g/mol. The highest BCUT2D eigenvalue weighted by atomic mass is 32.1. The van der Waals surface area contributed by atoms with E-state index in [1.54, 1.807) is 43.4 Å². The van der Waals surface area contributed by atoms with E-state index >= 15 is 0 Å². The first-order chi connectivity index (χ1) is 17.7. The van der Waals surface area contributed by atoms with Gasteiger partial charge in [0.2, 0.25) is 5.82 Å². The van der Waals surface area contributed by atoms with Crippen LogP contribution in [0.15, 0.2) is 42.0 Å². The molecule has 2 aromatic carbocycles. The maximum atomic E-state index is 14.9. The smallest absolute Gasteiger partial charge is 0.203 e. The van der Waals surface area contributed by atoms with E-state index < -0.39 is 29.2 Å². The van der Waals surface area contributed by atoms with E-state index in [1.165, 1.54) is 17.4 Å². The molecule has 3 heterocycles. The molecule has 7 nitrogen and oxygen atoms in total. The van der Waals surface area contributed by atoms with Crippen molar-refractivity contribution < 1.29 is 17.9 Å². The Kier molecular flexibility index (Phi) is 6.55. The van der Waals surface area contributed by atoms with Crippen LogP contribution in [0, 0.1) is 31.3 Å². The molecule has 3 aromatic heterocycles. The number of halogens is 3. The van der Waals surface area contributed by atoms with Crippen LogP contribution < -0.4 is 10.1 Å². The second-order valence-corrected chi connectivity index (χ2v) is 9.56. The molecule has 0 bridgehead atoms. The van der Waals surface area contributed by atoms with Gasteiger partial charge in [0.1, 0.15) is 18.2 Å². The number of benzene rings is 2. The molecule has 0 aliphatic carbocycles. The Balaban J connectivity index is 1.46. The van der Waals surface area contributed by atoms with Crippen molar-refractivity contribution in [1.29, 1.82) is 0 Å². The zero-order chi connectivity index (χ0) is 26.3. The second kappa shape index (κ2) is 9.81. The molecule has 0 saturated heterocycles. The quantitative estimate of drug-likeness (QED) is 0.253. The van der Waals surface area contributed by atoms with Gasteiger partial charge in [-0.25, -0.2) is 23.7 Å². The Hall–Kier alpha value is -3.99. The topological polar surface area (TPSA) is 77.8 Å². The van der Waals surface area contributed by atoms with Crippen molar-refractivity contribution in [3.63, 3.8) is 0 Å². The van der Waals surface area contributed by atoms with Crippen LogP contribution in [-0.4, -0.2) is 24.7 Å². The number of anilines is 1. The van der Waals surface area contributed by atoms with E-state index in [1.807, 2.05) is 25.1 Å². The van der Waals surface area contributed by atoms with E-state index in [0.29, 0.717) is 22.9 Å². The predicted octanol–water partition coefficient (Wildman–Crippen LogP) is 6.27. The molecular weight excluding hydrogens is 501 g/mol. The summed E-state index contributed by atoms with van der Waals surface area (Å²) >= 11 is 1.51. The molecular formula is C26H23F3N6OS. The fraction of sp³-hybridized carbons (Fsp3) is 0.231. The van der Waals surface area contributed by atoms with Crippen LogP contribution in [0.1, 0.15) is 35.7 Å². The largest absolute Gasteiger partial charge is 0.484 e. The average molecular weight is 525 g/mol. The van der Waals surface area contributed by atoms with Gasteiger partial charge in [-0.1, -0.05) is 6.07 Å². The lowest BCUT2D eigenvalue weighted by atomic mass is 10.0. The van der Waals surface area contributed by atoms with Gasteiger partial charge in [-0.05, 0) is 50.6 Å². The molecule has 11 heteroatoms. The van der Waals surface area contributed by atoms with Gasteiger partial charge in [-0.3, -0.25) is 4.68 Å². The molecule has 0 aliphatic heterocycles. The Morgan fingerprint density at radius 2 is 1.86 bits per heavy atom. The van der Waals surface area contributed by atoms with E-state index in [4.69, 9.17) is 4.74 Å². The predicted molar refractivity (Wildman–Crippen MR) is 136 cm³/mol. The minimum Gasteiger partial charge on any atom is -0.484 e. The summed E-state index contributed by atoms with van der Waals surface area (Å²) < 4.78 is 52.2. The van der Waals surface area contributed by atoms with Gasteiger partial charge < -0.3 is 10.1 Å². The summed E-state index contributed by atoms with van der Waals surface area (Å²) in [6, 6.07) is 7.93. The molecule has 0 spiro atoms. The van der Waals surface area contributed by atoms with Crippen LogP contribution in [0.25, 0.3) is 21.3 Å². The standard InChI is InChI=1S/C26H23F3N6OS/c1-13-7-17(35(4)34-13)11-36-21-9-18(23(27)25(29)24(21)28)14(2)32-26-19(10-30-15(3)33-26)16-5-6-20-22(8-16)37-12-31-20/h5-10,12,14H,11H2,1-4H3,(H,30,32,33). The van der Waals surface area contributed by atoms with E-state index in [2.05, 4.69) is 25.4 Å². The Morgan fingerprint density at radius 3 is 2.62 bits per heavy atom. The maximum Gasteiger partial charge on any atom is 0.203 e. The van der Waals surface area contributed by atoms with Gasteiger partial charge in [-0.2, -0.15) is 9.49 Å². The number of nitrogens with one attached hydrogen (secondary N) is 1. The van der Waals surface area contributed by atoms with E-state index in [-0.39, 0.29) is 12.2 Å². The summed E-state index contributed by atoms with van der Waals surface area (Å²) in [5.74, 6) is -3.74. The molecule has 1 unspecified atom stereocenters. The lowest BCUT2D eigenvalue weighted by Crippen LogP contribution is -2.14. The van der Waals surface area contributed by atoms with Crippen molar-refractivity contribution in [1.82, 2.24) is 24.7 Å². The van der Waals surface area contributed by atoms with Gasteiger partial charge in [-0.15, -0.1) is 11.3 Å². The van der Waals surface area contributed by atoms with Crippen LogP contribution in [0.3, 0.4) is 0 Å². The van der Waals surface area contributed by atoms with Crippen LogP contribution >= 0.6 is 11.3 Å². The van der Waals surface area contributed by atoms with E-state index in [0.717, 1.165) is 21.5 Å². The van der Waals surface area contributed by atoms with Gasteiger partial charge in [0.15, 0.2) is 17.4 Å². The minimum atomic E-state index is -1.60. The molecule has 37 heavy (non-hydrogen) atoms. The number of hydrogen-bond acceptors (Lipinski definition) is 7. The second-order valence-electron chi connectivity index (χ2n) is 8.68. The van der Waals surface area contributed by atoms with Crippen molar-refractivity contribution in [3.8, 4) is 16.9 Å². The molecule has 0 fully saturated rings. The van der Waals surface area contributed by atoms with Crippen molar-refractivity contribution in [2.45, 2.75) is 33.4 Å². The summed E-state index contributed by atoms with van der Waals surface area (Å²) in [5, 5.41) is 7.35. The number of thiazole rings is 1. The van der Waals surface area contributed by atoms with Crippen LogP contribution in [-0.2, 0) is 13.7 Å². The normalized spacial score (nSPS) is 12.2. The number of ether oxygens (including phenoxy) is 1. The van der Waals surface area contributed by atoms with Gasteiger partial charge >= 0.3 is 0 Å². The lowest BCUT2D eigenvalue weighted by molar-refractivity contribution is 0.271. The zero-order valence-electron chi connectivity index (χ0n) is 20.5. The number of rotatable bonds is 7. The molecule has 5 rings (SSSR count). The molecule has 190 valence electrons. The van der Waals surface area contributed by atoms with E-state index in [9.17, 15) is 13.2 Å². The highest BCUT2D eigenvalue weighted by Crippen LogP contribution is 2.34. The molecule has 1 atom stereocenters. The number of fused-ring (bicyclic) bond motifs is 1. The first-order valence-corrected chi connectivity index (χ1v) is 12.3. The van der Waals surface area contributed by atoms with Crippen LogP contribution in [0.5, 0.6) is 5.75 Å². The first-order valence-electron chi connectivity index (χ1n) is 11.4. The summed E-state index contributed by atoms with van der Waals surface area (Å²) in [6.45, 7) is 5.12. The average Bonchev–Trinajstić information content (AvgIpc) is 3.46. The molecule has 1 N–H and O–H groups in total. The summed E-state index contributed by atoms with van der Waals surface area (Å²) in [4.78, 5) is 13.1. The van der Waals surface area contributed by atoms with Crippen LogP contribution in [0.2, 0.25) is 0 Å². The fourth-order valence-electron chi connectivity index (χ4n) is 4.07. The fourth-order valence-corrected chi connectivity index (χ4v) is 4.78. The minimum absolute atomic E-state index is 0.0596. The van der Waals surface area contributed by atoms with Crippen molar-refractivity contribution >= 4 is 27.4 Å². The molecule has 0 aliphatic rings. The third kappa shape index (κ3) is 4.86. The number of hydrogen-bond donors (Lipinski definition) is 1. The number of nitrogens with zero attached hydrogens (tertiary/aromatic N) is 5. The van der Waals surface area contributed by atoms with Gasteiger partial charge in [0, 0.05) is 24.4 Å². The summed E-state index contributed by atoms with van der Waals surface area (Å²) in [7, 11) is 1.72. The zero-order valence-corrected chi connectivity index (χ0v) is 21.3. The highest BCUT2D eigenvalue weighted by molar-refractivity contribution is 7.16. The van der Waals surface area contributed by atoms with Crippen LogP contribution in [0.4, 0.5) is 19.0 Å². The van der Waals surface area contributed by atoms with Gasteiger partial charge in [0.25, 0.3) is 0 Å². The van der Waals surface area contributed by atoms with Gasteiger partial charge in [0.05, 0.1) is 33.2 Å². The first kappa shape index (κ1) is 24.7. The van der Waals surface area contributed by atoms with Crippen molar-refractivity contribution in [3.05, 3.63) is 82.3 Å². The molecule has 0 amide bonds. The molecule has 5 aromatic rings. The Bertz CT molecular complexity index is 1620. The third-order valence-electron chi connectivity index (χ3n) is 5.99. The van der Waals surface area contributed by atoms with Crippen molar-refractivity contribution in [2.75, 3.05) is 5.32 Å².